The lowest BCUT2D eigenvalue weighted by Crippen LogP contribution is -2.35. The quantitative estimate of drug-likeness (QED) is 0.601. The van der Waals surface area contributed by atoms with Gasteiger partial charge in [-0.05, 0) is 44.0 Å². The number of nitrogens with one attached hydrogen (secondary N) is 2. The molecule has 0 saturated carbocycles. The van der Waals surface area contributed by atoms with Crippen LogP contribution in [0.15, 0.2) is 46.5 Å². The van der Waals surface area contributed by atoms with Gasteiger partial charge in [-0.25, -0.2) is 18.6 Å². The number of amides is 1. The van der Waals surface area contributed by atoms with Gasteiger partial charge in [0.1, 0.15) is 0 Å². The molecule has 0 fully saturated rings. The highest BCUT2D eigenvalue weighted by molar-refractivity contribution is 7.89. The highest BCUT2D eigenvalue weighted by atomic mass is 32.2. The first-order valence-corrected chi connectivity index (χ1v) is 9.08. The third-order valence-electron chi connectivity index (χ3n) is 3.37. The molecule has 2 N–H and O–H groups in total. The Hall–Kier alpha value is -2.58. The Balaban J connectivity index is 1.98. The molecule has 2 aromatic rings. The van der Waals surface area contributed by atoms with Crippen LogP contribution >= 0.6 is 0 Å². The molecule has 1 aromatic carbocycles. The molecule has 25 heavy (non-hydrogen) atoms. The number of hydrazone groups is 1. The Morgan fingerprint density at radius 2 is 1.88 bits per heavy atom. The number of aromatic nitrogens is 1. The van der Waals surface area contributed by atoms with Gasteiger partial charge in [0.2, 0.25) is 10.0 Å². The first-order chi connectivity index (χ1) is 11.8. The van der Waals surface area contributed by atoms with Crippen LogP contribution in [0.2, 0.25) is 0 Å². The first kappa shape index (κ1) is 18.8. The van der Waals surface area contributed by atoms with Gasteiger partial charge < -0.3 is 0 Å². The van der Waals surface area contributed by atoms with Crippen molar-refractivity contribution in [2.24, 2.45) is 5.10 Å². The molecular formula is C17H20N4O3S. The largest absolute Gasteiger partial charge is 0.272 e. The number of benzene rings is 1. The van der Waals surface area contributed by atoms with Crippen molar-refractivity contribution in [3.63, 3.8) is 0 Å². The zero-order valence-electron chi connectivity index (χ0n) is 14.3. The Morgan fingerprint density at radius 1 is 1.20 bits per heavy atom. The summed E-state index contributed by atoms with van der Waals surface area (Å²) in [5.74, 6) is -0.571. The number of pyridine rings is 1. The van der Waals surface area contributed by atoms with Crippen LogP contribution in [0.1, 0.15) is 22.4 Å². The Kier molecular flexibility index (Phi) is 6.00. The van der Waals surface area contributed by atoms with Gasteiger partial charge >= 0.3 is 0 Å². The normalized spacial score (nSPS) is 11.6. The van der Waals surface area contributed by atoms with E-state index in [9.17, 15) is 13.2 Å². The maximum atomic E-state index is 12.4. The minimum atomic E-state index is -3.79. The number of sulfonamides is 1. The minimum absolute atomic E-state index is 0.197. The van der Waals surface area contributed by atoms with E-state index in [1.165, 1.54) is 6.21 Å². The lowest BCUT2D eigenvalue weighted by molar-refractivity contribution is -0.119. The maximum absolute atomic E-state index is 12.4. The van der Waals surface area contributed by atoms with Crippen molar-refractivity contribution < 1.29 is 13.2 Å². The van der Waals surface area contributed by atoms with Crippen LogP contribution in [-0.2, 0) is 14.8 Å². The number of rotatable bonds is 6. The molecule has 0 aliphatic carbocycles. The van der Waals surface area contributed by atoms with Crippen molar-refractivity contribution in [2.75, 3.05) is 6.54 Å². The second kappa shape index (κ2) is 8.00. The number of aryl methyl sites for hydroxylation is 3. The van der Waals surface area contributed by atoms with Crippen LogP contribution in [0.4, 0.5) is 0 Å². The fourth-order valence-electron chi connectivity index (χ4n) is 2.49. The number of hydrogen-bond acceptors (Lipinski definition) is 5. The Morgan fingerprint density at radius 3 is 2.48 bits per heavy atom. The van der Waals surface area contributed by atoms with Crippen molar-refractivity contribution in [1.82, 2.24) is 15.1 Å². The topological polar surface area (TPSA) is 101 Å². The molecule has 0 spiro atoms. The van der Waals surface area contributed by atoms with Gasteiger partial charge in [-0.3, -0.25) is 9.78 Å². The van der Waals surface area contributed by atoms with Gasteiger partial charge in [0.15, 0.2) is 0 Å². The van der Waals surface area contributed by atoms with Crippen LogP contribution in [0.5, 0.6) is 0 Å². The van der Waals surface area contributed by atoms with Crippen LogP contribution in [-0.4, -0.2) is 32.1 Å². The lowest BCUT2D eigenvalue weighted by Gasteiger charge is -2.12. The predicted octanol–water partition coefficient (Wildman–Crippen LogP) is 1.44. The second-order valence-electron chi connectivity index (χ2n) is 5.60. The van der Waals surface area contributed by atoms with Gasteiger partial charge in [0, 0.05) is 6.20 Å². The molecule has 0 unspecified atom stereocenters. The molecule has 0 aliphatic heterocycles. The molecule has 1 aromatic heterocycles. The average Bonchev–Trinajstić information content (AvgIpc) is 2.53. The smallest absolute Gasteiger partial charge is 0.255 e. The molecule has 132 valence electrons. The van der Waals surface area contributed by atoms with E-state index >= 15 is 0 Å². The van der Waals surface area contributed by atoms with Crippen molar-refractivity contribution in [2.45, 2.75) is 25.7 Å². The van der Waals surface area contributed by atoms with E-state index in [0.717, 1.165) is 5.56 Å². The van der Waals surface area contributed by atoms with Gasteiger partial charge in [-0.15, -0.1) is 0 Å². The van der Waals surface area contributed by atoms with Crippen molar-refractivity contribution in [3.05, 3.63) is 58.9 Å². The zero-order chi connectivity index (χ0) is 18.4. The third-order valence-corrected chi connectivity index (χ3v) is 5.08. The van der Waals surface area contributed by atoms with Crippen LogP contribution < -0.4 is 10.1 Å². The minimum Gasteiger partial charge on any atom is -0.272 e. The second-order valence-corrected chi connectivity index (χ2v) is 7.30. The summed E-state index contributed by atoms with van der Waals surface area (Å²) in [7, 11) is -3.79. The van der Waals surface area contributed by atoms with E-state index in [-0.39, 0.29) is 4.90 Å². The monoisotopic (exact) mass is 360 g/mol. The summed E-state index contributed by atoms with van der Waals surface area (Å²) in [5.41, 5.74) is 5.09. The van der Waals surface area contributed by atoms with E-state index in [2.05, 4.69) is 20.2 Å². The molecule has 0 atom stereocenters. The van der Waals surface area contributed by atoms with E-state index in [0.29, 0.717) is 16.8 Å². The number of carbonyl (C=O) groups excluding carboxylic acids is 1. The number of hydrogen-bond donors (Lipinski definition) is 2. The summed E-state index contributed by atoms with van der Waals surface area (Å²) < 4.78 is 27.2. The fraction of sp³-hybridized carbons (Fsp3) is 0.235. The molecule has 1 heterocycles. The Labute approximate surface area is 147 Å². The van der Waals surface area contributed by atoms with Gasteiger partial charge in [-0.2, -0.15) is 5.10 Å². The highest BCUT2D eigenvalue weighted by Crippen LogP contribution is 2.21. The van der Waals surface area contributed by atoms with Gasteiger partial charge in [-0.1, -0.05) is 23.8 Å². The lowest BCUT2D eigenvalue weighted by atomic mass is 10.1. The summed E-state index contributed by atoms with van der Waals surface area (Å²) in [6.45, 7) is 4.95. The maximum Gasteiger partial charge on any atom is 0.255 e. The molecule has 0 aliphatic rings. The predicted molar refractivity (Wildman–Crippen MR) is 95.8 cm³/mol. The molecular weight excluding hydrogens is 340 g/mol. The van der Waals surface area contributed by atoms with Gasteiger partial charge in [0.05, 0.1) is 23.3 Å². The summed E-state index contributed by atoms with van der Waals surface area (Å²) in [6.07, 6.45) is 2.98. The molecule has 7 nitrogen and oxygen atoms in total. The highest BCUT2D eigenvalue weighted by Gasteiger charge is 2.20. The first-order valence-electron chi connectivity index (χ1n) is 7.60. The molecule has 8 heteroatoms. The average molecular weight is 360 g/mol. The van der Waals surface area contributed by atoms with Crippen molar-refractivity contribution in [1.29, 1.82) is 0 Å². The third kappa shape index (κ3) is 5.20. The van der Waals surface area contributed by atoms with E-state index in [1.54, 1.807) is 50.4 Å². The molecule has 0 radical (unpaired) electrons. The van der Waals surface area contributed by atoms with Crippen molar-refractivity contribution >= 4 is 22.1 Å². The standard InChI is InChI=1S/C17H20N4O3S/c1-12-8-13(2)17(14(3)9-12)25(23,24)20-11-16(22)21-19-10-15-6-4-5-7-18-15/h4-10,20H,11H2,1-3H3,(H,21,22)/b19-10-. The number of nitrogens with zero attached hydrogens (tertiary/aromatic N) is 2. The van der Waals surface area contributed by atoms with E-state index in [4.69, 9.17) is 0 Å². The van der Waals surface area contributed by atoms with Crippen molar-refractivity contribution in [3.8, 4) is 0 Å². The molecule has 2 rings (SSSR count). The van der Waals surface area contributed by atoms with Crippen LogP contribution in [0.25, 0.3) is 0 Å². The molecule has 0 saturated heterocycles. The van der Waals surface area contributed by atoms with E-state index in [1.807, 2.05) is 6.92 Å². The van der Waals surface area contributed by atoms with Crippen LogP contribution in [0, 0.1) is 20.8 Å². The molecule has 0 bridgehead atoms. The summed E-state index contributed by atoms with van der Waals surface area (Å²) in [6, 6.07) is 8.86. The van der Waals surface area contributed by atoms with Crippen LogP contribution in [0.3, 0.4) is 0 Å². The summed E-state index contributed by atoms with van der Waals surface area (Å²) >= 11 is 0. The summed E-state index contributed by atoms with van der Waals surface area (Å²) in [4.78, 5) is 16.0. The zero-order valence-corrected chi connectivity index (χ0v) is 15.1. The number of carbonyl (C=O) groups is 1. The summed E-state index contributed by atoms with van der Waals surface area (Å²) in [5, 5.41) is 3.74. The molecule has 1 amide bonds. The fourth-order valence-corrected chi connectivity index (χ4v) is 3.92. The Bertz CT molecular complexity index is 870. The van der Waals surface area contributed by atoms with E-state index < -0.39 is 22.5 Å². The van der Waals surface area contributed by atoms with Gasteiger partial charge in [0.25, 0.3) is 5.91 Å². The SMILES string of the molecule is Cc1cc(C)c(S(=O)(=O)NCC(=O)N/N=C\c2ccccn2)c(C)c1.